The molecule has 5 heteroatoms. The smallest absolute Gasteiger partial charge is 0.277 e. The van der Waals surface area contributed by atoms with Gasteiger partial charge in [0.2, 0.25) is 5.78 Å². The first kappa shape index (κ1) is 11.0. The molecule has 5 nitrogen and oxygen atoms in total. The SMILES string of the molecule is Cn1[nH]c(C2CC2)c(C(=O)c2cccnc2)c1=O. The number of rotatable bonds is 3. The molecule has 2 aromatic heterocycles. The van der Waals surface area contributed by atoms with Gasteiger partial charge in [-0.15, -0.1) is 0 Å². The Morgan fingerprint density at radius 1 is 1.50 bits per heavy atom. The predicted octanol–water partition coefficient (Wildman–Crippen LogP) is 1.22. The number of nitrogens with one attached hydrogen (secondary N) is 1. The van der Waals surface area contributed by atoms with E-state index in [1.54, 1.807) is 25.4 Å². The number of nitrogens with zero attached hydrogens (tertiary/aromatic N) is 2. The molecule has 3 rings (SSSR count). The maximum atomic E-state index is 12.4. The zero-order valence-corrected chi connectivity index (χ0v) is 10.0. The molecule has 0 amide bonds. The molecule has 0 atom stereocenters. The zero-order chi connectivity index (χ0) is 12.7. The van der Waals surface area contributed by atoms with Crippen LogP contribution < -0.4 is 5.56 Å². The molecule has 0 bridgehead atoms. The van der Waals surface area contributed by atoms with Crippen LogP contribution in [-0.4, -0.2) is 20.5 Å². The fraction of sp³-hybridized carbons (Fsp3) is 0.308. The first-order valence-electron chi connectivity index (χ1n) is 5.92. The van der Waals surface area contributed by atoms with Crippen molar-refractivity contribution < 1.29 is 4.79 Å². The van der Waals surface area contributed by atoms with Gasteiger partial charge in [-0.25, -0.2) is 0 Å². The Hall–Kier alpha value is -2.17. The van der Waals surface area contributed by atoms with Crippen molar-refractivity contribution in [3.63, 3.8) is 0 Å². The minimum absolute atomic E-state index is 0.244. The quantitative estimate of drug-likeness (QED) is 0.824. The second kappa shape index (κ2) is 3.94. The van der Waals surface area contributed by atoms with E-state index in [9.17, 15) is 9.59 Å². The van der Waals surface area contributed by atoms with E-state index in [1.807, 2.05) is 0 Å². The molecule has 2 aromatic rings. The van der Waals surface area contributed by atoms with Gasteiger partial charge in [-0.3, -0.25) is 24.4 Å². The first-order chi connectivity index (χ1) is 8.68. The highest BCUT2D eigenvalue weighted by molar-refractivity contribution is 6.09. The molecule has 18 heavy (non-hydrogen) atoms. The maximum absolute atomic E-state index is 12.4. The Morgan fingerprint density at radius 3 is 2.89 bits per heavy atom. The van der Waals surface area contributed by atoms with E-state index in [0.717, 1.165) is 18.5 Å². The van der Waals surface area contributed by atoms with Gasteiger partial charge < -0.3 is 0 Å². The lowest BCUT2D eigenvalue weighted by atomic mass is 10.0. The fourth-order valence-corrected chi connectivity index (χ4v) is 2.10. The monoisotopic (exact) mass is 243 g/mol. The van der Waals surface area contributed by atoms with Crippen LogP contribution in [0.25, 0.3) is 0 Å². The highest BCUT2D eigenvalue weighted by Crippen LogP contribution is 2.40. The minimum Gasteiger partial charge on any atom is -0.299 e. The molecule has 1 aliphatic rings. The number of hydrogen-bond donors (Lipinski definition) is 1. The van der Waals surface area contributed by atoms with Gasteiger partial charge in [0.15, 0.2) is 0 Å². The predicted molar refractivity (Wildman–Crippen MR) is 65.7 cm³/mol. The Balaban J connectivity index is 2.12. The Labute approximate surface area is 103 Å². The number of H-pyrrole nitrogens is 1. The fourth-order valence-electron chi connectivity index (χ4n) is 2.10. The molecular weight excluding hydrogens is 230 g/mol. The average molecular weight is 243 g/mol. The summed E-state index contributed by atoms with van der Waals surface area (Å²) < 4.78 is 1.37. The van der Waals surface area contributed by atoms with Gasteiger partial charge in [0.1, 0.15) is 5.56 Å². The van der Waals surface area contributed by atoms with Crippen molar-refractivity contribution in [1.29, 1.82) is 0 Å². The van der Waals surface area contributed by atoms with Crippen molar-refractivity contribution >= 4 is 5.78 Å². The summed E-state index contributed by atoms with van der Waals surface area (Å²) >= 11 is 0. The molecule has 0 aliphatic heterocycles. The molecule has 2 heterocycles. The Kier molecular flexibility index (Phi) is 2.40. The van der Waals surface area contributed by atoms with E-state index in [4.69, 9.17) is 0 Å². The Bertz CT molecular complexity index is 651. The number of hydrogen-bond acceptors (Lipinski definition) is 3. The van der Waals surface area contributed by atoms with Gasteiger partial charge in [0, 0.05) is 30.9 Å². The zero-order valence-electron chi connectivity index (χ0n) is 10.0. The molecule has 1 N–H and O–H groups in total. The molecule has 1 saturated carbocycles. The summed E-state index contributed by atoms with van der Waals surface area (Å²) in [5.74, 6) is 0.0846. The van der Waals surface area contributed by atoms with Crippen LogP contribution in [0.2, 0.25) is 0 Å². The summed E-state index contributed by atoms with van der Waals surface area (Å²) in [6.45, 7) is 0. The van der Waals surface area contributed by atoms with E-state index in [1.165, 1.54) is 10.9 Å². The van der Waals surface area contributed by atoms with Crippen molar-refractivity contribution in [2.45, 2.75) is 18.8 Å². The third-order valence-corrected chi connectivity index (χ3v) is 3.21. The summed E-state index contributed by atoms with van der Waals surface area (Å²) in [6, 6.07) is 3.37. The van der Waals surface area contributed by atoms with Gasteiger partial charge >= 0.3 is 0 Å². The van der Waals surface area contributed by atoms with E-state index < -0.39 is 0 Å². The summed E-state index contributed by atoms with van der Waals surface area (Å²) in [5.41, 5.74) is 1.24. The van der Waals surface area contributed by atoms with Gasteiger partial charge in [-0.2, -0.15) is 0 Å². The maximum Gasteiger partial charge on any atom is 0.277 e. The third kappa shape index (κ3) is 1.68. The molecule has 0 spiro atoms. The van der Waals surface area contributed by atoms with Gasteiger partial charge in [-0.1, -0.05) is 0 Å². The summed E-state index contributed by atoms with van der Waals surface area (Å²) in [7, 11) is 1.63. The lowest BCUT2D eigenvalue weighted by Crippen LogP contribution is -2.19. The highest BCUT2D eigenvalue weighted by Gasteiger charge is 2.32. The topological polar surface area (TPSA) is 67.8 Å². The molecule has 0 aromatic carbocycles. The van der Waals surface area contributed by atoms with Crippen LogP contribution in [0.1, 0.15) is 40.4 Å². The molecule has 1 aliphatic carbocycles. The highest BCUT2D eigenvalue weighted by atomic mass is 16.2. The summed E-state index contributed by atoms with van der Waals surface area (Å²) in [5, 5.41) is 2.99. The number of ketones is 1. The second-order valence-corrected chi connectivity index (χ2v) is 4.61. The largest absolute Gasteiger partial charge is 0.299 e. The summed E-state index contributed by atoms with van der Waals surface area (Å²) in [4.78, 5) is 28.3. The summed E-state index contributed by atoms with van der Waals surface area (Å²) in [6.07, 6.45) is 5.17. The van der Waals surface area contributed by atoms with E-state index in [-0.39, 0.29) is 16.9 Å². The number of carbonyl (C=O) groups excluding carboxylic acids is 1. The number of pyridine rings is 1. The van der Waals surface area contributed by atoms with Crippen LogP contribution in [0.5, 0.6) is 0 Å². The van der Waals surface area contributed by atoms with Gasteiger partial charge in [0.05, 0.1) is 5.69 Å². The molecule has 0 unspecified atom stereocenters. The normalized spacial score (nSPS) is 14.7. The number of aromatic amines is 1. The van der Waals surface area contributed by atoms with Gasteiger partial charge in [0.25, 0.3) is 5.56 Å². The van der Waals surface area contributed by atoms with Crippen molar-refractivity contribution in [3.05, 3.63) is 51.7 Å². The average Bonchev–Trinajstić information content (AvgIpc) is 3.18. The molecule has 1 fully saturated rings. The number of aromatic nitrogens is 3. The van der Waals surface area contributed by atoms with Crippen molar-refractivity contribution in [1.82, 2.24) is 14.8 Å². The van der Waals surface area contributed by atoms with Crippen molar-refractivity contribution in [2.75, 3.05) is 0 Å². The van der Waals surface area contributed by atoms with Crippen LogP contribution in [-0.2, 0) is 7.05 Å². The molecule has 0 saturated heterocycles. The van der Waals surface area contributed by atoms with E-state index >= 15 is 0 Å². The number of carbonyl (C=O) groups is 1. The second-order valence-electron chi connectivity index (χ2n) is 4.61. The first-order valence-corrected chi connectivity index (χ1v) is 5.92. The van der Waals surface area contributed by atoms with Crippen molar-refractivity contribution in [2.24, 2.45) is 7.05 Å². The van der Waals surface area contributed by atoms with Gasteiger partial charge in [-0.05, 0) is 25.0 Å². The van der Waals surface area contributed by atoms with Crippen LogP contribution >= 0.6 is 0 Å². The minimum atomic E-state index is -0.259. The van der Waals surface area contributed by atoms with Crippen LogP contribution in [0.4, 0.5) is 0 Å². The van der Waals surface area contributed by atoms with Crippen LogP contribution in [0, 0.1) is 0 Å². The van der Waals surface area contributed by atoms with Crippen molar-refractivity contribution in [3.8, 4) is 0 Å². The molecular formula is C13H13N3O2. The van der Waals surface area contributed by atoms with E-state index in [0.29, 0.717) is 11.5 Å². The molecule has 92 valence electrons. The third-order valence-electron chi connectivity index (χ3n) is 3.21. The standard InChI is InChI=1S/C13H13N3O2/c1-16-13(18)10(11(15-16)8-4-5-8)12(17)9-3-2-6-14-7-9/h2-3,6-8,15H,4-5H2,1H3. The lowest BCUT2D eigenvalue weighted by molar-refractivity contribution is 0.103. The van der Waals surface area contributed by atoms with Crippen LogP contribution in [0.3, 0.4) is 0 Å². The number of aryl methyl sites for hydroxylation is 1. The molecule has 0 radical (unpaired) electrons. The lowest BCUT2D eigenvalue weighted by Gasteiger charge is -1.99. The van der Waals surface area contributed by atoms with E-state index in [2.05, 4.69) is 10.1 Å². The van der Waals surface area contributed by atoms with Crippen LogP contribution in [0.15, 0.2) is 29.3 Å². The Morgan fingerprint density at radius 2 is 2.28 bits per heavy atom.